The number of thiocarbonyl (C=S) groups is 1. The summed E-state index contributed by atoms with van der Waals surface area (Å²) in [5.41, 5.74) is 8.41. The van der Waals surface area contributed by atoms with E-state index in [0.29, 0.717) is 6.42 Å². The first-order valence-electron chi connectivity index (χ1n) is 5.73. The van der Waals surface area contributed by atoms with Gasteiger partial charge in [0.05, 0.1) is 10.9 Å². The van der Waals surface area contributed by atoms with Crippen molar-refractivity contribution in [2.45, 2.75) is 27.2 Å². The van der Waals surface area contributed by atoms with Crippen LogP contribution in [0, 0.1) is 19.8 Å². The summed E-state index contributed by atoms with van der Waals surface area (Å²) in [6, 6.07) is 3.93. The zero-order chi connectivity index (χ0) is 13.9. The van der Waals surface area contributed by atoms with Gasteiger partial charge in [-0.25, -0.2) is 0 Å². The highest BCUT2D eigenvalue weighted by atomic mass is 79.9. The summed E-state index contributed by atoms with van der Waals surface area (Å²) in [5.74, 6) is -0.555. The highest BCUT2D eigenvalue weighted by Gasteiger charge is 2.20. The normalized spacial score (nSPS) is 12.0. The Morgan fingerprint density at radius 3 is 2.33 bits per heavy atom. The van der Waals surface area contributed by atoms with Crippen molar-refractivity contribution in [2.24, 2.45) is 11.7 Å². The van der Waals surface area contributed by atoms with E-state index in [2.05, 4.69) is 21.2 Å². The van der Waals surface area contributed by atoms with Gasteiger partial charge in [0.15, 0.2) is 0 Å². The minimum atomic E-state index is -0.414. The number of anilines is 1. The van der Waals surface area contributed by atoms with Crippen LogP contribution in [0.4, 0.5) is 5.69 Å². The van der Waals surface area contributed by atoms with E-state index in [0.717, 1.165) is 21.3 Å². The standard InChI is InChI=1S/C13H17BrN2OS/c1-4-10(12(15)18)13(17)16-11-7(2)5-9(14)6-8(11)3/h5-6,10H,4H2,1-3H3,(H2,15,18)(H,16,17). The lowest BCUT2D eigenvalue weighted by Crippen LogP contribution is -2.33. The lowest BCUT2D eigenvalue weighted by molar-refractivity contribution is -0.118. The second-order valence-corrected chi connectivity index (χ2v) is 5.65. The third-order valence-corrected chi connectivity index (χ3v) is 3.56. The summed E-state index contributed by atoms with van der Waals surface area (Å²) in [5, 5.41) is 2.91. The fourth-order valence-electron chi connectivity index (χ4n) is 1.83. The molecule has 1 aromatic rings. The van der Waals surface area contributed by atoms with Crippen molar-refractivity contribution in [3.05, 3.63) is 27.7 Å². The lowest BCUT2D eigenvalue weighted by Gasteiger charge is -2.17. The Balaban J connectivity index is 2.98. The molecule has 0 radical (unpaired) electrons. The Hall–Kier alpha value is -0.940. The maximum atomic E-state index is 12.1. The quantitative estimate of drug-likeness (QED) is 0.833. The van der Waals surface area contributed by atoms with Crippen molar-refractivity contribution in [1.82, 2.24) is 0 Å². The summed E-state index contributed by atoms with van der Waals surface area (Å²) in [6.07, 6.45) is 0.607. The molecule has 0 saturated carbocycles. The molecule has 1 aromatic carbocycles. The van der Waals surface area contributed by atoms with Gasteiger partial charge in [-0.15, -0.1) is 0 Å². The molecule has 98 valence electrons. The number of amides is 1. The third kappa shape index (κ3) is 3.53. The number of carbonyl (C=O) groups is 1. The molecule has 0 fully saturated rings. The van der Waals surface area contributed by atoms with Gasteiger partial charge in [0.1, 0.15) is 0 Å². The van der Waals surface area contributed by atoms with Crippen LogP contribution in [0.5, 0.6) is 0 Å². The summed E-state index contributed by atoms with van der Waals surface area (Å²) in [7, 11) is 0. The van der Waals surface area contributed by atoms with E-state index in [1.165, 1.54) is 0 Å². The van der Waals surface area contributed by atoms with Crippen LogP contribution in [0.15, 0.2) is 16.6 Å². The average Bonchev–Trinajstić information content (AvgIpc) is 2.23. The molecular weight excluding hydrogens is 312 g/mol. The molecule has 1 rings (SSSR count). The number of hydrogen-bond acceptors (Lipinski definition) is 2. The van der Waals surface area contributed by atoms with Crippen molar-refractivity contribution in [2.75, 3.05) is 5.32 Å². The predicted octanol–water partition coefficient (Wildman–Crippen LogP) is 3.32. The molecule has 0 aliphatic carbocycles. The van der Waals surface area contributed by atoms with Gasteiger partial charge in [-0.05, 0) is 43.5 Å². The molecule has 0 bridgehead atoms. The lowest BCUT2D eigenvalue weighted by atomic mass is 10.0. The van der Waals surface area contributed by atoms with E-state index in [1.54, 1.807) is 0 Å². The number of hydrogen-bond donors (Lipinski definition) is 2. The second-order valence-electron chi connectivity index (χ2n) is 4.27. The van der Waals surface area contributed by atoms with E-state index in [4.69, 9.17) is 18.0 Å². The van der Waals surface area contributed by atoms with E-state index < -0.39 is 5.92 Å². The summed E-state index contributed by atoms with van der Waals surface area (Å²) < 4.78 is 0.997. The zero-order valence-electron chi connectivity index (χ0n) is 10.7. The second kappa shape index (κ2) is 6.29. The van der Waals surface area contributed by atoms with E-state index >= 15 is 0 Å². The minimum Gasteiger partial charge on any atom is -0.393 e. The average molecular weight is 329 g/mol. The summed E-state index contributed by atoms with van der Waals surface area (Å²) in [4.78, 5) is 12.3. The van der Waals surface area contributed by atoms with Gasteiger partial charge in [0.25, 0.3) is 0 Å². The molecule has 18 heavy (non-hydrogen) atoms. The monoisotopic (exact) mass is 328 g/mol. The highest BCUT2D eigenvalue weighted by Crippen LogP contribution is 2.25. The van der Waals surface area contributed by atoms with Crippen LogP contribution in [0.3, 0.4) is 0 Å². The number of carbonyl (C=O) groups excluding carboxylic acids is 1. The van der Waals surface area contributed by atoms with Gasteiger partial charge < -0.3 is 11.1 Å². The molecular formula is C13H17BrN2OS. The van der Waals surface area contributed by atoms with Gasteiger partial charge in [-0.1, -0.05) is 35.1 Å². The maximum absolute atomic E-state index is 12.1. The number of benzene rings is 1. The van der Waals surface area contributed by atoms with Gasteiger partial charge >= 0.3 is 0 Å². The van der Waals surface area contributed by atoms with Gasteiger partial charge in [0, 0.05) is 10.2 Å². The summed E-state index contributed by atoms with van der Waals surface area (Å²) in [6.45, 7) is 5.80. The molecule has 0 heterocycles. The molecule has 3 N–H and O–H groups in total. The predicted molar refractivity (Wildman–Crippen MR) is 82.8 cm³/mol. The Kier molecular flexibility index (Phi) is 5.28. The fraction of sp³-hybridized carbons (Fsp3) is 0.385. The molecule has 0 spiro atoms. The smallest absolute Gasteiger partial charge is 0.234 e. The Morgan fingerprint density at radius 1 is 1.44 bits per heavy atom. The molecule has 1 unspecified atom stereocenters. The Bertz CT molecular complexity index is 465. The Morgan fingerprint density at radius 2 is 1.94 bits per heavy atom. The molecule has 3 nitrogen and oxygen atoms in total. The molecule has 1 atom stereocenters. The topological polar surface area (TPSA) is 55.1 Å². The highest BCUT2D eigenvalue weighted by molar-refractivity contribution is 9.10. The van der Waals surface area contributed by atoms with Crippen molar-refractivity contribution in [3.63, 3.8) is 0 Å². The molecule has 0 aliphatic heterocycles. The van der Waals surface area contributed by atoms with Crippen molar-refractivity contribution in [3.8, 4) is 0 Å². The summed E-state index contributed by atoms with van der Waals surface area (Å²) >= 11 is 8.33. The Labute approximate surface area is 121 Å². The number of halogens is 1. The van der Waals surface area contributed by atoms with Gasteiger partial charge in [-0.3, -0.25) is 4.79 Å². The largest absolute Gasteiger partial charge is 0.393 e. The van der Waals surface area contributed by atoms with Gasteiger partial charge in [-0.2, -0.15) is 0 Å². The first-order chi connectivity index (χ1) is 8.36. The van der Waals surface area contributed by atoms with Crippen molar-refractivity contribution < 1.29 is 4.79 Å². The van der Waals surface area contributed by atoms with Crippen LogP contribution < -0.4 is 11.1 Å². The molecule has 1 amide bonds. The number of aryl methyl sites for hydroxylation is 2. The fourth-order valence-corrected chi connectivity index (χ4v) is 2.79. The van der Waals surface area contributed by atoms with Crippen LogP contribution in [-0.2, 0) is 4.79 Å². The molecule has 5 heteroatoms. The maximum Gasteiger partial charge on any atom is 0.234 e. The third-order valence-electron chi connectivity index (χ3n) is 2.81. The zero-order valence-corrected chi connectivity index (χ0v) is 13.1. The SMILES string of the molecule is CCC(C(=O)Nc1c(C)cc(Br)cc1C)C(N)=S. The van der Waals surface area contributed by atoms with E-state index in [9.17, 15) is 4.79 Å². The van der Waals surface area contributed by atoms with Crippen molar-refractivity contribution in [1.29, 1.82) is 0 Å². The molecule has 0 aromatic heterocycles. The molecule has 0 aliphatic rings. The van der Waals surface area contributed by atoms with Crippen molar-refractivity contribution >= 4 is 44.7 Å². The first-order valence-corrected chi connectivity index (χ1v) is 6.93. The van der Waals surface area contributed by atoms with Crippen LogP contribution in [-0.4, -0.2) is 10.9 Å². The number of nitrogens with two attached hydrogens (primary N) is 1. The molecule has 0 saturated heterocycles. The number of nitrogens with one attached hydrogen (secondary N) is 1. The van der Waals surface area contributed by atoms with E-state index in [-0.39, 0.29) is 10.9 Å². The van der Waals surface area contributed by atoms with Crippen LogP contribution in [0.2, 0.25) is 0 Å². The number of rotatable bonds is 4. The van der Waals surface area contributed by atoms with Gasteiger partial charge in [0.2, 0.25) is 5.91 Å². The van der Waals surface area contributed by atoms with Crippen LogP contribution in [0.1, 0.15) is 24.5 Å². The first kappa shape index (κ1) is 15.1. The van der Waals surface area contributed by atoms with Crippen LogP contribution in [0.25, 0.3) is 0 Å². The minimum absolute atomic E-state index is 0.140. The van der Waals surface area contributed by atoms with E-state index in [1.807, 2.05) is 32.9 Å². The van der Waals surface area contributed by atoms with Crippen LogP contribution >= 0.6 is 28.1 Å².